The lowest BCUT2D eigenvalue weighted by Crippen LogP contribution is -2.32. The van der Waals surface area contributed by atoms with Crippen LogP contribution in [-0.4, -0.2) is 53.0 Å². The van der Waals surface area contributed by atoms with Gasteiger partial charge in [-0.05, 0) is 50.6 Å². The number of nitrogens with zero attached hydrogens (tertiary/aromatic N) is 1. The molecule has 172 valence electrons. The zero-order valence-electron chi connectivity index (χ0n) is 19.2. The molecule has 0 bridgehead atoms. The molecule has 1 saturated heterocycles. The van der Waals surface area contributed by atoms with Crippen LogP contribution < -0.4 is 4.74 Å². The van der Waals surface area contributed by atoms with Crippen molar-refractivity contribution in [3.05, 3.63) is 70.9 Å². The third-order valence-corrected chi connectivity index (χ3v) is 5.80. The molecule has 7 nitrogen and oxygen atoms in total. The van der Waals surface area contributed by atoms with Gasteiger partial charge in [0.2, 0.25) is 0 Å². The van der Waals surface area contributed by atoms with Gasteiger partial charge in [0.1, 0.15) is 11.5 Å². The lowest BCUT2D eigenvalue weighted by Gasteiger charge is -2.24. The fourth-order valence-electron chi connectivity index (χ4n) is 4.28. The van der Waals surface area contributed by atoms with Crippen LogP contribution in [0.3, 0.4) is 0 Å². The molecule has 1 aromatic heterocycles. The summed E-state index contributed by atoms with van der Waals surface area (Å²) in [6.45, 7) is 6.25. The summed E-state index contributed by atoms with van der Waals surface area (Å²) in [6.07, 6.45) is 1.80. The number of hydrogen-bond acceptors (Lipinski definition) is 5. The Labute approximate surface area is 192 Å². The van der Waals surface area contributed by atoms with Crippen molar-refractivity contribution in [1.82, 2.24) is 9.88 Å². The molecule has 2 aromatic carbocycles. The highest BCUT2D eigenvalue weighted by Crippen LogP contribution is 2.42. The Morgan fingerprint density at radius 1 is 1.18 bits per heavy atom. The normalized spacial score (nSPS) is 18.0. The first-order valence-electron chi connectivity index (χ1n) is 10.9. The number of aliphatic hydroxyl groups is 1. The van der Waals surface area contributed by atoms with Gasteiger partial charge in [-0.15, -0.1) is 0 Å². The average Bonchev–Trinajstić information content (AvgIpc) is 3.32. The fraction of sp³-hybridized carbons (Fsp3) is 0.308. The number of fused-ring (bicyclic) bond motifs is 1. The summed E-state index contributed by atoms with van der Waals surface area (Å²) in [5, 5.41) is 12.2. The highest BCUT2D eigenvalue weighted by Gasteiger charge is 2.46. The number of H-pyrrole nitrogens is 1. The summed E-state index contributed by atoms with van der Waals surface area (Å²) in [7, 11) is 1.54. The van der Waals surface area contributed by atoms with Crippen molar-refractivity contribution in [2.24, 2.45) is 0 Å². The van der Waals surface area contributed by atoms with Crippen LogP contribution in [-0.2, 0) is 14.3 Å². The van der Waals surface area contributed by atoms with Gasteiger partial charge in [0.05, 0.1) is 24.3 Å². The Kier molecular flexibility index (Phi) is 6.24. The van der Waals surface area contributed by atoms with Gasteiger partial charge in [0, 0.05) is 41.9 Å². The van der Waals surface area contributed by atoms with Gasteiger partial charge in [-0.3, -0.25) is 9.59 Å². The maximum absolute atomic E-state index is 13.1. The number of aromatic amines is 1. The molecular weight excluding hydrogens is 420 g/mol. The molecule has 33 heavy (non-hydrogen) atoms. The minimum atomic E-state index is -0.733. The van der Waals surface area contributed by atoms with Crippen molar-refractivity contribution >= 4 is 28.4 Å². The predicted molar refractivity (Wildman–Crippen MR) is 126 cm³/mol. The number of carbonyl (C=O) groups is 2. The van der Waals surface area contributed by atoms with Crippen LogP contribution in [0.2, 0.25) is 0 Å². The summed E-state index contributed by atoms with van der Waals surface area (Å²) in [6, 6.07) is 12.2. The summed E-state index contributed by atoms with van der Waals surface area (Å²) >= 11 is 0. The minimum Gasteiger partial charge on any atom is -0.507 e. The van der Waals surface area contributed by atoms with E-state index >= 15 is 0 Å². The number of aromatic nitrogens is 1. The molecule has 0 radical (unpaired) electrons. The molecule has 1 unspecified atom stereocenters. The van der Waals surface area contributed by atoms with Crippen LogP contribution in [0.25, 0.3) is 16.7 Å². The second-order valence-electron chi connectivity index (χ2n) is 8.42. The summed E-state index contributed by atoms with van der Waals surface area (Å²) < 4.78 is 11.0. The maximum Gasteiger partial charge on any atom is 0.295 e. The number of rotatable bonds is 7. The van der Waals surface area contributed by atoms with Gasteiger partial charge in [0.25, 0.3) is 11.7 Å². The number of likely N-dealkylation sites (tertiary alicyclic amines) is 1. The van der Waals surface area contributed by atoms with Gasteiger partial charge in [-0.2, -0.15) is 0 Å². The number of aryl methyl sites for hydroxylation is 1. The van der Waals surface area contributed by atoms with E-state index in [0.717, 1.165) is 22.0 Å². The van der Waals surface area contributed by atoms with E-state index in [4.69, 9.17) is 9.47 Å². The second kappa shape index (κ2) is 9.11. The minimum absolute atomic E-state index is 0.0103. The Hall–Kier alpha value is -3.58. The van der Waals surface area contributed by atoms with Crippen molar-refractivity contribution in [2.45, 2.75) is 32.9 Å². The van der Waals surface area contributed by atoms with E-state index in [1.807, 2.05) is 45.0 Å². The largest absolute Gasteiger partial charge is 0.507 e. The molecule has 2 N–H and O–H groups in total. The molecular formula is C26H28N2O5. The first-order valence-corrected chi connectivity index (χ1v) is 10.9. The number of nitrogens with one attached hydrogen (secondary N) is 1. The predicted octanol–water partition coefficient (Wildman–Crippen LogP) is 4.33. The fourth-order valence-corrected chi connectivity index (χ4v) is 4.28. The van der Waals surface area contributed by atoms with E-state index in [-0.39, 0.29) is 30.6 Å². The standard InChI is InChI=1S/C26H28N2O5/c1-15(2)33-21-10-9-17(13-16(21)3)24(29)22-23(28(11-12-32-4)26(31)25(22)30)19-14-27-20-8-6-5-7-18(19)20/h5-10,13-15,23,27,29H,11-12H2,1-4H3/b24-22+. The first-order chi connectivity index (χ1) is 15.8. The molecule has 4 rings (SSSR count). The van der Waals surface area contributed by atoms with E-state index < -0.39 is 17.7 Å². The monoisotopic (exact) mass is 448 g/mol. The van der Waals surface area contributed by atoms with Gasteiger partial charge in [-0.1, -0.05) is 18.2 Å². The molecule has 0 saturated carbocycles. The first kappa shape index (κ1) is 22.6. The van der Waals surface area contributed by atoms with Gasteiger partial charge >= 0.3 is 0 Å². The summed E-state index contributed by atoms with van der Waals surface area (Å²) in [5.74, 6) is -0.863. The molecule has 7 heteroatoms. The van der Waals surface area contributed by atoms with Crippen LogP contribution in [0, 0.1) is 6.92 Å². The zero-order valence-corrected chi connectivity index (χ0v) is 19.2. The van der Waals surface area contributed by atoms with Crippen molar-refractivity contribution in [2.75, 3.05) is 20.3 Å². The lowest BCUT2D eigenvalue weighted by atomic mass is 9.94. The summed E-state index contributed by atoms with van der Waals surface area (Å²) in [5.41, 5.74) is 2.98. The molecule has 0 aliphatic carbocycles. The Bertz CT molecular complexity index is 1240. The average molecular weight is 449 g/mol. The molecule has 0 spiro atoms. The summed E-state index contributed by atoms with van der Waals surface area (Å²) in [4.78, 5) is 30.8. The number of amides is 1. The molecule has 1 aliphatic rings. The highest BCUT2D eigenvalue weighted by molar-refractivity contribution is 6.46. The highest BCUT2D eigenvalue weighted by atomic mass is 16.5. The van der Waals surface area contributed by atoms with Crippen LogP contribution in [0.5, 0.6) is 5.75 Å². The smallest absolute Gasteiger partial charge is 0.295 e. The van der Waals surface area contributed by atoms with E-state index in [2.05, 4.69) is 4.98 Å². The number of benzene rings is 2. The van der Waals surface area contributed by atoms with Gasteiger partial charge in [-0.25, -0.2) is 0 Å². The third kappa shape index (κ3) is 4.12. The number of ether oxygens (including phenoxy) is 2. The number of hydrogen-bond donors (Lipinski definition) is 2. The van der Waals surface area contributed by atoms with Crippen LogP contribution in [0.15, 0.2) is 54.2 Å². The maximum atomic E-state index is 13.1. The number of carbonyl (C=O) groups excluding carboxylic acids is 2. The SMILES string of the molecule is COCCN1C(=O)C(=O)/C(=C(/O)c2ccc(OC(C)C)c(C)c2)C1c1c[nH]c2ccccc12. The van der Waals surface area contributed by atoms with Crippen molar-refractivity contribution in [3.63, 3.8) is 0 Å². The number of Topliss-reactive ketones (excluding diaryl/α,β-unsaturated/α-hetero) is 1. The molecule has 3 aromatic rings. The number of ketones is 1. The van der Waals surface area contributed by atoms with Crippen molar-refractivity contribution in [1.29, 1.82) is 0 Å². The topological polar surface area (TPSA) is 91.9 Å². The Morgan fingerprint density at radius 3 is 2.64 bits per heavy atom. The van der Waals surface area contributed by atoms with E-state index in [1.165, 1.54) is 4.90 Å². The molecule has 2 heterocycles. The molecule has 1 atom stereocenters. The quantitative estimate of drug-likeness (QED) is 0.319. The van der Waals surface area contributed by atoms with E-state index in [9.17, 15) is 14.7 Å². The van der Waals surface area contributed by atoms with Crippen LogP contribution in [0.1, 0.15) is 36.6 Å². The van der Waals surface area contributed by atoms with Crippen LogP contribution >= 0.6 is 0 Å². The number of methoxy groups -OCH3 is 1. The molecule has 1 amide bonds. The second-order valence-corrected chi connectivity index (χ2v) is 8.42. The number of aliphatic hydroxyl groups excluding tert-OH is 1. The lowest BCUT2D eigenvalue weighted by molar-refractivity contribution is -0.140. The van der Waals surface area contributed by atoms with Gasteiger partial charge in [0.15, 0.2) is 0 Å². The molecule has 1 fully saturated rings. The van der Waals surface area contributed by atoms with Crippen molar-refractivity contribution in [3.8, 4) is 5.75 Å². The third-order valence-electron chi connectivity index (χ3n) is 5.80. The number of para-hydroxylation sites is 1. The van der Waals surface area contributed by atoms with Crippen molar-refractivity contribution < 1.29 is 24.2 Å². The zero-order chi connectivity index (χ0) is 23.7. The van der Waals surface area contributed by atoms with Crippen LogP contribution in [0.4, 0.5) is 0 Å². The Morgan fingerprint density at radius 2 is 1.94 bits per heavy atom. The van der Waals surface area contributed by atoms with Gasteiger partial charge < -0.3 is 24.5 Å². The molecule has 1 aliphatic heterocycles. The Balaban J connectivity index is 1.87. The van der Waals surface area contributed by atoms with E-state index in [0.29, 0.717) is 11.3 Å². The van der Waals surface area contributed by atoms with E-state index in [1.54, 1.807) is 31.5 Å².